The van der Waals surface area contributed by atoms with Gasteiger partial charge in [0.2, 0.25) is 0 Å². The lowest BCUT2D eigenvalue weighted by Crippen LogP contribution is -2.13. The Bertz CT molecular complexity index is 507. The van der Waals surface area contributed by atoms with Gasteiger partial charge in [-0.05, 0) is 48.7 Å². The van der Waals surface area contributed by atoms with Gasteiger partial charge in [0, 0.05) is 10.5 Å². The van der Waals surface area contributed by atoms with E-state index in [0.717, 1.165) is 22.2 Å². The number of rotatable bonds is 5. The number of hydrogen-bond donors (Lipinski definition) is 1. The molecule has 2 nitrogen and oxygen atoms in total. The van der Waals surface area contributed by atoms with Crippen LogP contribution in [0.15, 0.2) is 53.0 Å². The Morgan fingerprint density at radius 3 is 2.26 bits per heavy atom. The quantitative estimate of drug-likeness (QED) is 0.900. The Labute approximate surface area is 122 Å². The maximum Gasteiger partial charge on any atom is 0.119 e. The Morgan fingerprint density at radius 2 is 1.68 bits per heavy atom. The van der Waals surface area contributed by atoms with Gasteiger partial charge >= 0.3 is 0 Å². The van der Waals surface area contributed by atoms with Gasteiger partial charge in [-0.2, -0.15) is 0 Å². The van der Waals surface area contributed by atoms with E-state index >= 15 is 0 Å². The van der Waals surface area contributed by atoms with E-state index in [1.807, 2.05) is 43.3 Å². The average Bonchev–Trinajstić information content (AvgIpc) is 2.42. The molecule has 2 aromatic rings. The van der Waals surface area contributed by atoms with Crippen LogP contribution in [-0.4, -0.2) is 6.61 Å². The van der Waals surface area contributed by atoms with Gasteiger partial charge in [0.15, 0.2) is 0 Å². The Balaban J connectivity index is 2.02. The van der Waals surface area contributed by atoms with E-state index in [9.17, 15) is 0 Å². The lowest BCUT2D eigenvalue weighted by Gasteiger charge is -2.13. The van der Waals surface area contributed by atoms with Crippen molar-refractivity contribution in [3.63, 3.8) is 0 Å². The number of halogens is 1. The smallest absolute Gasteiger partial charge is 0.119 e. The fraction of sp³-hybridized carbons (Fsp3) is 0.250. The van der Waals surface area contributed by atoms with Crippen LogP contribution in [0.2, 0.25) is 0 Å². The molecule has 2 N–H and O–H groups in total. The number of hydrogen-bond acceptors (Lipinski definition) is 2. The molecule has 100 valence electrons. The Hall–Kier alpha value is -1.32. The third-order valence-electron chi connectivity index (χ3n) is 2.99. The topological polar surface area (TPSA) is 35.2 Å². The van der Waals surface area contributed by atoms with E-state index in [1.165, 1.54) is 5.56 Å². The first-order valence-electron chi connectivity index (χ1n) is 6.42. The van der Waals surface area contributed by atoms with Crippen molar-refractivity contribution in [1.82, 2.24) is 0 Å². The van der Waals surface area contributed by atoms with Crippen LogP contribution in [0.5, 0.6) is 5.75 Å². The monoisotopic (exact) mass is 319 g/mol. The Kier molecular flexibility index (Phi) is 5.00. The van der Waals surface area contributed by atoms with Gasteiger partial charge in [-0.3, -0.25) is 0 Å². The van der Waals surface area contributed by atoms with Crippen LogP contribution in [0.1, 0.15) is 24.1 Å². The summed E-state index contributed by atoms with van der Waals surface area (Å²) in [6, 6.07) is 16.3. The van der Waals surface area contributed by atoms with Gasteiger partial charge in [0.25, 0.3) is 0 Å². The lowest BCUT2D eigenvalue weighted by atomic mass is 10.00. The van der Waals surface area contributed by atoms with Crippen LogP contribution in [0.4, 0.5) is 0 Å². The van der Waals surface area contributed by atoms with Gasteiger partial charge < -0.3 is 10.5 Å². The third kappa shape index (κ3) is 4.08. The highest BCUT2D eigenvalue weighted by Gasteiger charge is 2.07. The van der Waals surface area contributed by atoms with Crippen LogP contribution in [-0.2, 0) is 6.42 Å². The van der Waals surface area contributed by atoms with Crippen LogP contribution in [0.3, 0.4) is 0 Å². The third-order valence-corrected chi connectivity index (χ3v) is 3.52. The van der Waals surface area contributed by atoms with Crippen molar-refractivity contribution in [3.8, 4) is 5.75 Å². The zero-order chi connectivity index (χ0) is 13.7. The summed E-state index contributed by atoms with van der Waals surface area (Å²) in [5.41, 5.74) is 8.61. The number of benzene rings is 2. The van der Waals surface area contributed by atoms with Crippen LogP contribution in [0, 0.1) is 0 Å². The number of nitrogens with two attached hydrogens (primary N) is 1. The second-order valence-electron chi connectivity index (χ2n) is 4.44. The summed E-state index contributed by atoms with van der Waals surface area (Å²) in [6.45, 7) is 2.66. The first kappa shape index (κ1) is 14.1. The molecule has 0 saturated carbocycles. The molecule has 0 aliphatic heterocycles. The molecule has 0 heterocycles. The summed E-state index contributed by atoms with van der Waals surface area (Å²) in [4.78, 5) is 0. The maximum atomic E-state index is 6.24. The first-order chi connectivity index (χ1) is 9.19. The van der Waals surface area contributed by atoms with Crippen molar-refractivity contribution in [1.29, 1.82) is 0 Å². The van der Waals surface area contributed by atoms with Gasteiger partial charge in [-0.1, -0.05) is 40.2 Å². The van der Waals surface area contributed by atoms with Gasteiger partial charge in [-0.25, -0.2) is 0 Å². The molecular weight excluding hydrogens is 302 g/mol. The molecule has 0 bridgehead atoms. The molecule has 0 amide bonds. The summed E-state index contributed by atoms with van der Waals surface area (Å²) in [5.74, 6) is 0.891. The molecule has 0 aliphatic carbocycles. The highest BCUT2D eigenvalue weighted by molar-refractivity contribution is 9.10. The van der Waals surface area contributed by atoms with Crippen molar-refractivity contribution in [2.24, 2.45) is 5.73 Å². The molecule has 2 rings (SSSR count). The summed E-state index contributed by atoms with van der Waals surface area (Å²) in [5, 5.41) is 0. The van der Waals surface area contributed by atoms with Crippen molar-refractivity contribution in [3.05, 3.63) is 64.1 Å². The molecule has 1 atom stereocenters. The molecule has 0 aliphatic rings. The molecular formula is C16H18BrNO. The molecule has 2 aromatic carbocycles. The zero-order valence-electron chi connectivity index (χ0n) is 11.0. The highest BCUT2D eigenvalue weighted by Crippen LogP contribution is 2.20. The van der Waals surface area contributed by atoms with E-state index in [-0.39, 0.29) is 6.04 Å². The minimum Gasteiger partial charge on any atom is -0.494 e. The molecule has 0 spiro atoms. The first-order valence-corrected chi connectivity index (χ1v) is 7.21. The SMILES string of the molecule is CCOc1ccc(C(N)Cc2ccc(Br)cc2)cc1. The largest absolute Gasteiger partial charge is 0.494 e. The average molecular weight is 320 g/mol. The maximum absolute atomic E-state index is 6.24. The lowest BCUT2D eigenvalue weighted by molar-refractivity contribution is 0.340. The normalized spacial score (nSPS) is 12.2. The Morgan fingerprint density at radius 1 is 1.05 bits per heavy atom. The second-order valence-corrected chi connectivity index (χ2v) is 5.35. The van der Waals surface area contributed by atoms with Crippen molar-refractivity contribution in [2.75, 3.05) is 6.61 Å². The van der Waals surface area contributed by atoms with Crippen LogP contribution in [0.25, 0.3) is 0 Å². The van der Waals surface area contributed by atoms with Crippen LogP contribution < -0.4 is 10.5 Å². The summed E-state index contributed by atoms with van der Waals surface area (Å²) < 4.78 is 6.51. The zero-order valence-corrected chi connectivity index (χ0v) is 12.6. The second kappa shape index (κ2) is 6.73. The van der Waals surface area contributed by atoms with Gasteiger partial charge in [0.05, 0.1) is 6.61 Å². The molecule has 0 fully saturated rings. The highest BCUT2D eigenvalue weighted by atomic mass is 79.9. The standard InChI is InChI=1S/C16H18BrNO/c1-2-19-15-9-5-13(6-10-15)16(18)11-12-3-7-14(17)8-4-12/h3-10,16H,2,11,18H2,1H3. The van der Waals surface area contributed by atoms with E-state index in [4.69, 9.17) is 10.5 Å². The predicted octanol–water partition coefficient (Wildman–Crippen LogP) is 4.09. The number of ether oxygens (including phenoxy) is 1. The molecule has 1 unspecified atom stereocenters. The minimum atomic E-state index is 0.0110. The van der Waals surface area contributed by atoms with E-state index in [0.29, 0.717) is 6.61 Å². The molecule has 0 saturated heterocycles. The van der Waals surface area contributed by atoms with Crippen molar-refractivity contribution < 1.29 is 4.74 Å². The van der Waals surface area contributed by atoms with E-state index in [1.54, 1.807) is 0 Å². The van der Waals surface area contributed by atoms with Crippen LogP contribution >= 0.6 is 15.9 Å². The van der Waals surface area contributed by atoms with Gasteiger partial charge in [0.1, 0.15) is 5.75 Å². The fourth-order valence-corrected chi connectivity index (χ4v) is 2.23. The predicted molar refractivity (Wildman–Crippen MR) is 82.4 cm³/mol. The summed E-state index contributed by atoms with van der Waals surface area (Å²) >= 11 is 3.43. The fourth-order valence-electron chi connectivity index (χ4n) is 1.97. The van der Waals surface area contributed by atoms with E-state index < -0.39 is 0 Å². The molecule has 3 heteroatoms. The molecule has 0 radical (unpaired) electrons. The van der Waals surface area contributed by atoms with Gasteiger partial charge in [-0.15, -0.1) is 0 Å². The molecule has 19 heavy (non-hydrogen) atoms. The summed E-state index contributed by atoms with van der Waals surface area (Å²) in [6.07, 6.45) is 0.835. The van der Waals surface area contributed by atoms with Crippen molar-refractivity contribution in [2.45, 2.75) is 19.4 Å². The van der Waals surface area contributed by atoms with E-state index in [2.05, 4.69) is 28.1 Å². The minimum absolute atomic E-state index is 0.0110. The van der Waals surface area contributed by atoms with Crippen molar-refractivity contribution >= 4 is 15.9 Å². The molecule has 0 aromatic heterocycles. The summed E-state index contributed by atoms with van der Waals surface area (Å²) in [7, 11) is 0.